The molecule has 1 fully saturated rings. The van der Waals surface area contributed by atoms with E-state index in [1.807, 2.05) is 0 Å². The molecule has 1 saturated carbocycles. The van der Waals surface area contributed by atoms with Crippen molar-refractivity contribution in [1.82, 2.24) is 5.32 Å². The molecule has 0 amide bonds. The van der Waals surface area contributed by atoms with E-state index in [0.717, 1.165) is 19.0 Å². The summed E-state index contributed by atoms with van der Waals surface area (Å²) in [5, 5.41) is 3.44. The van der Waals surface area contributed by atoms with Crippen LogP contribution in [0.1, 0.15) is 38.2 Å². The van der Waals surface area contributed by atoms with Crippen LogP contribution in [-0.2, 0) is 0 Å². The maximum Gasteiger partial charge on any atom is 0.0393 e. The molecular weight excluding hydrogens is 244 g/mol. The molecular formula is C18H30N2. The van der Waals surface area contributed by atoms with Crippen LogP contribution in [0.4, 0.5) is 5.69 Å². The summed E-state index contributed by atoms with van der Waals surface area (Å²) >= 11 is 0. The minimum Gasteiger partial charge on any atom is -0.374 e. The lowest BCUT2D eigenvalue weighted by Crippen LogP contribution is -2.44. The first-order valence-corrected chi connectivity index (χ1v) is 7.98. The first kappa shape index (κ1) is 15.4. The van der Waals surface area contributed by atoms with E-state index < -0.39 is 0 Å². The van der Waals surface area contributed by atoms with Crippen LogP contribution in [0, 0.1) is 18.3 Å². The molecule has 1 N–H and O–H groups in total. The molecule has 0 radical (unpaired) electrons. The highest BCUT2D eigenvalue weighted by atomic mass is 15.1. The van der Waals surface area contributed by atoms with Gasteiger partial charge in [0.05, 0.1) is 0 Å². The lowest BCUT2D eigenvalue weighted by Gasteiger charge is -2.42. The first-order valence-electron chi connectivity index (χ1n) is 7.98. The van der Waals surface area contributed by atoms with Crippen molar-refractivity contribution in [1.29, 1.82) is 0 Å². The van der Waals surface area contributed by atoms with Crippen molar-refractivity contribution in [3.8, 4) is 0 Å². The van der Waals surface area contributed by atoms with Gasteiger partial charge in [-0.15, -0.1) is 0 Å². The van der Waals surface area contributed by atoms with E-state index in [2.05, 4.69) is 62.4 Å². The smallest absolute Gasteiger partial charge is 0.0393 e. The number of anilines is 1. The van der Waals surface area contributed by atoms with Crippen molar-refractivity contribution in [3.63, 3.8) is 0 Å². The van der Waals surface area contributed by atoms with Gasteiger partial charge in [0.2, 0.25) is 0 Å². The molecule has 1 aliphatic rings. The Kier molecular flexibility index (Phi) is 5.09. The molecule has 1 aliphatic carbocycles. The van der Waals surface area contributed by atoms with Crippen LogP contribution >= 0.6 is 0 Å². The molecule has 2 heteroatoms. The van der Waals surface area contributed by atoms with Crippen molar-refractivity contribution in [2.45, 2.75) is 39.5 Å². The Morgan fingerprint density at radius 1 is 1.25 bits per heavy atom. The van der Waals surface area contributed by atoms with Crippen LogP contribution in [0.2, 0.25) is 0 Å². The molecule has 0 bridgehead atoms. The highest BCUT2D eigenvalue weighted by molar-refractivity contribution is 5.52. The second kappa shape index (κ2) is 6.62. The Bertz CT molecular complexity index is 419. The average Bonchev–Trinajstić information content (AvgIpc) is 2.43. The minimum atomic E-state index is 0.443. The number of benzene rings is 1. The molecule has 112 valence electrons. The molecule has 0 aliphatic heterocycles. The number of para-hydroxylation sites is 1. The first-order chi connectivity index (χ1) is 9.56. The zero-order valence-corrected chi connectivity index (χ0v) is 13.6. The van der Waals surface area contributed by atoms with Gasteiger partial charge in [0.1, 0.15) is 0 Å². The maximum atomic E-state index is 3.44. The standard InChI is InChI=1S/C18H30N2/c1-15-9-11-18(12-10-15,13-19-3)14-20(4)17-8-6-5-7-16(17)2/h5-8,15,19H,9-14H2,1-4H3. The summed E-state index contributed by atoms with van der Waals surface area (Å²) in [7, 11) is 4.34. The second-order valence-electron chi connectivity index (χ2n) is 6.86. The van der Waals surface area contributed by atoms with Crippen molar-refractivity contribution in [2.75, 3.05) is 32.1 Å². The molecule has 1 aromatic rings. The summed E-state index contributed by atoms with van der Waals surface area (Å²) in [5.74, 6) is 0.906. The molecule has 20 heavy (non-hydrogen) atoms. The van der Waals surface area contributed by atoms with Crippen LogP contribution < -0.4 is 10.2 Å². The van der Waals surface area contributed by atoms with Crippen molar-refractivity contribution < 1.29 is 0 Å². The number of nitrogens with zero attached hydrogens (tertiary/aromatic N) is 1. The van der Waals surface area contributed by atoms with E-state index in [4.69, 9.17) is 0 Å². The fourth-order valence-corrected chi connectivity index (χ4v) is 3.72. The Morgan fingerprint density at radius 3 is 2.50 bits per heavy atom. The van der Waals surface area contributed by atoms with E-state index in [1.165, 1.54) is 36.9 Å². The Hall–Kier alpha value is -1.02. The van der Waals surface area contributed by atoms with E-state index in [0.29, 0.717) is 5.41 Å². The largest absolute Gasteiger partial charge is 0.374 e. The van der Waals surface area contributed by atoms with Gasteiger partial charge in [-0.1, -0.05) is 38.0 Å². The van der Waals surface area contributed by atoms with Gasteiger partial charge in [0, 0.05) is 31.2 Å². The summed E-state index contributed by atoms with van der Waals surface area (Å²) in [6.07, 6.45) is 5.46. The van der Waals surface area contributed by atoms with Gasteiger partial charge in [0.15, 0.2) is 0 Å². The van der Waals surface area contributed by atoms with Gasteiger partial charge in [-0.2, -0.15) is 0 Å². The molecule has 0 saturated heterocycles. The van der Waals surface area contributed by atoms with Gasteiger partial charge in [0.25, 0.3) is 0 Å². The van der Waals surface area contributed by atoms with Gasteiger partial charge in [-0.05, 0) is 44.4 Å². The van der Waals surface area contributed by atoms with Gasteiger partial charge in [-0.3, -0.25) is 0 Å². The van der Waals surface area contributed by atoms with Crippen LogP contribution in [0.5, 0.6) is 0 Å². The minimum absolute atomic E-state index is 0.443. The predicted molar refractivity (Wildman–Crippen MR) is 88.4 cm³/mol. The molecule has 2 rings (SSSR count). The number of nitrogens with one attached hydrogen (secondary N) is 1. The monoisotopic (exact) mass is 274 g/mol. The van der Waals surface area contributed by atoms with Crippen molar-refractivity contribution >= 4 is 5.69 Å². The van der Waals surface area contributed by atoms with Gasteiger partial charge >= 0.3 is 0 Å². The Balaban J connectivity index is 2.10. The van der Waals surface area contributed by atoms with Crippen LogP contribution in [-0.4, -0.2) is 27.2 Å². The summed E-state index contributed by atoms with van der Waals surface area (Å²) < 4.78 is 0. The summed E-state index contributed by atoms with van der Waals surface area (Å²) in [4.78, 5) is 2.46. The fraction of sp³-hybridized carbons (Fsp3) is 0.667. The molecule has 2 nitrogen and oxygen atoms in total. The number of hydrogen-bond acceptors (Lipinski definition) is 2. The normalized spacial score (nSPS) is 26.5. The van der Waals surface area contributed by atoms with Crippen LogP contribution in [0.3, 0.4) is 0 Å². The highest BCUT2D eigenvalue weighted by Gasteiger charge is 2.34. The summed E-state index contributed by atoms with van der Waals surface area (Å²) in [6, 6.07) is 8.72. The van der Waals surface area contributed by atoms with E-state index in [1.54, 1.807) is 0 Å². The number of rotatable bonds is 5. The van der Waals surface area contributed by atoms with Gasteiger partial charge in [-0.25, -0.2) is 0 Å². The highest BCUT2D eigenvalue weighted by Crippen LogP contribution is 2.39. The molecule has 0 aromatic heterocycles. The fourth-order valence-electron chi connectivity index (χ4n) is 3.72. The molecule has 0 heterocycles. The molecule has 0 spiro atoms. The molecule has 0 unspecified atom stereocenters. The number of aryl methyl sites for hydroxylation is 1. The third-order valence-electron chi connectivity index (χ3n) is 4.99. The molecule has 0 atom stereocenters. The van der Waals surface area contributed by atoms with E-state index in [-0.39, 0.29) is 0 Å². The average molecular weight is 274 g/mol. The second-order valence-corrected chi connectivity index (χ2v) is 6.86. The molecule has 1 aromatic carbocycles. The lowest BCUT2D eigenvalue weighted by atomic mass is 9.70. The SMILES string of the molecule is CNCC1(CN(C)c2ccccc2C)CCC(C)CC1. The summed E-state index contributed by atoms with van der Waals surface area (Å²) in [5.41, 5.74) is 3.19. The third kappa shape index (κ3) is 3.54. The van der Waals surface area contributed by atoms with Crippen LogP contribution in [0.25, 0.3) is 0 Å². The Morgan fingerprint density at radius 2 is 1.90 bits per heavy atom. The zero-order chi connectivity index (χ0) is 14.6. The maximum absolute atomic E-state index is 3.44. The topological polar surface area (TPSA) is 15.3 Å². The van der Waals surface area contributed by atoms with E-state index in [9.17, 15) is 0 Å². The lowest BCUT2D eigenvalue weighted by molar-refractivity contribution is 0.161. The van der Waals surface area contributed by atoms with Crippen LogP contribution in [0.15, 0.2) is 24.3 Å². The third-order valence-corrected chi connectivity index (χ3v) is 4.99. The summed E-state index contributed by atoms with van der Waals surface area (Å²) in [6.45, 7) is 6.90. The van der Waals surface area contributed by atoms with Gasteiger partial charge < -0.3 is 10.2 Å². The van der Waals surface area contributed by atoms with Crippen molar-refractivity contribution in [3.05, 3.63) is 29.8 Å². The zero-order valence-electron chi connectivity index (χ0n) is 13.6. The quantitative estimate of drug-likeness (QED) is 0.877. The van der Waals surface area contributed by atoms with Crippen molar-refractivity contribution in [2.24, 2.45) is 11.3 Å². The Labute approximate surface area is 124 Å². The predicted octanol–water partition coefficient (Wildman–Crippen LogP) is 3.85. The van der Waals surface area contributed by atoms with E-state index >= 15 is 0 Å². The number of hydrogen-bond donors (Lipinski definition) is 1.